The van der Waals surface area contributed by atoms with Crippen LogP contribution in [-0.4, -0.2) is 22.2 Å². The minimum Gasteiger partial charge on any atom is -0.475 e. The van der Waals surface area contributed by atoms with Crippen LogP contribution in [0.1, 0.15) is 0 Å². The topological polar surface area (TPSA) is 106 Å². The number of carboxylic acid groups (broad SMARTS) is 1. The molecule has 0 saturated heterocycles. The van der Waals surface area contributed by atoms with Gasteiger partial charge in [0.05, 0.1) is 4.92 Å². The molecule has 0 aromatic heterocycles. The maximum absolute atomic E-state index is 10.6. The summed E-state index contributed by atoms with van der Waals surface area (Å²) in [5.74, 6) is -2.76. The third-order valence-corrected chi connectivity index (χ3v) is 1.35. The van der Waals surface area contributed by atoms with Crippen LogP contribution in [0.4, 0.5) is 24.5 Å². The Morgan fingerprint density at radius 3 is 1.88 bits per heavy atom. The van der Waals surface area contributed by atoms with Gasteiger partial charge in [-0.05, 0) is 12.1 Å². The molecule has 17 heavy (non-hydrogen) atoms. The number of nitro benzene ring substituents is 1. The number of nitrogens with two attached hydrogens (primary N) is 1. The molecule has 0 aliphatic carbocycles. The quantitative estimate of drug-likeness (QED) is 0.450. The number of hydrogen-bond donors (Lipinski definition) is 2. The van der Waals surface area contributed by atoms with Crippen molar-refractivity contribution >= 4 is 17.3 Å². The van der Waals surface area contributed by atoms with Crippen molar-refractivity contribution in [3.05, 3.63) is 34.4 Å². The molecule has 0 heterocycles. The molecule has 1 aromatic rings. The molecule has 1 aromatic carbocycles. The molecule has 0 spiro atoms. The Labute approximate surface area is 92.6 Å². The number of benzene rings is 1. The molecule has 0 radical (unpaired) electrons. The van der Waals surface area contributed by atoms with Gasteiger partial charge in [0.1, 0.15) is 0 Å². The summed E-state index contributed by atoms with van der Waals surface area (Å²) in [7, 11) is 0. The number of carboxylic acids is 1. The van der Waals surface area contributed by atoms with Crippen LogP contribution in [-0.2, 0) is 4.79 Å². The standard InChI is InChI=1S/C6H6N2O2.C2HF3O2/c7-5-1-3-6(4-2-5)8(9)10;3-2(4,5)1(6)7/h1-4H,7H2;(H,6,7). The van der Waals surface area contributed by atoms with Crippen LogP contribution in [0.25, 0.3) is 0 Å². The summed E-state index contributed by atoms with van der Waals surface area (Å²) in [6, 6.07) is 5.74. The highest BCUT2D eigenvalue weighted by atomic mass is 19.4. The zero-order valence-electron chi connectivity index (χ0n) is 8.14. The van der Waals surface area contributed by atoms with E-state index in [0.717, 1.165) is 0 Å². The van der Waals surface area contributed by atoms with Crippen molar-refractivity contribution in [2.75, 3.05) is 5.73 Å². The fraction of sp³-hybridized carbons (Fsp3) is 0.125. The number of nitro groups is 1. The van der Waals surface area contributed by atoms with E-state index < -0.39 is 17.1 Å². The largest absolute Gasteiger partial charge is 0.490 e. The molecular weight excluding hydrogens is 245 g/mol. The summed E-state index contributed by atoms with van der Waals surface area (Å²) in [5, 5.41) is 17.2. The van der Waals surface area contributed by atoms with Gasteiger partial charge in [0.2, 0.25) is 0 Å². The van der Waals surface area contributed by atoms with Gasteiger partial charge in [0.25, 0.3) is 5.69 Å². The minimum absolute atomic E-state index is 0.0641. The number of hydrogen-bond acceptors (Lipinski definition) is 4. The van der Waals surface area contributed by atoms with Gasteiger partial charge in [-0.3, -0.25) is 10.1 Å². The van der Waals surface area contributed by atoms with Gasteiger partial charge >= 0.3 is 12.1 Å². The predicted octanol–water partition coefficient (Wildman–Crippen LogP) is 1.81. The van der Waals surface area contributed by atoms with Gasteiger partial charge < -0.3 is 10.8 Å². The summed E-state index contributed by atoms with van der Waals surface area (Å²) in [4.78, 5) is 18.5. The SMILES string of the molecule is Nc1ccc([N+](=O)[O-])cc1.O=C(O)C(F)(F)F. The Balaban J connectivity index is 0.000000325. The van der Waals surface area contributed by atoms with E-state index in [1.807, 2.05) is 0 Å². The fourth-order valence-corrected chi connectivity index (χ4v) is 0.596. The Morgan fingerprint density at radius 1 is 1.29 bits per heavy atom. The summed E-state index contributed by atoms with van der Waals surface area (Å²) in [6.07, 6.45) is -5.08. The monoisotopic (exact) mass is 252 g/mol. The zero-order chi connectivity index (χ0) is 13.6. The summed E-state index contributed by atoms with van der Waals surface area (Å²) in [5.41, 5.74) is 5.90. The second-order valence-corrected chi connectivity index (χ2v) is 2.65. The first-order valence-electron chi connectivity index (χ1n) is 3.94. The molecule has 94 valence electrons. The van der Waals surface area contributed by atoms with Crippen LogP contribution in [0.3, 0.4) is 0 Å². The van der Waals surface area contributed by atoms with Crippen molar-refractivity contribution in [1.29, 1.82) is 0 Å². The molecule has 0 saturated carbocycles. The van der Waals surface area contributed by atoms with Crippen molar-refractivity contribution in [2.24, 2.45) is 0 Å². The molecule has 0 amide bonds. The van der Waals surface area contributed by atoms with Gasteiger partial charge in [0, 0.05) is 17.8 Å². The first kappa shape index (κ1) is 14.7. The molecule has 0 aliphatic rings. The van der Waals surface area contributed by atoms with E-state index in [1.54, 1.807) is 0 Å². The molecule has 0 aliphatic heterocycles. The second-order valence-electron chi connectivity index (χ2n) is 2.65. The van der Waals surface area contributed by atoms with Gasteiger partial charge in [0.15, 0.2) is 0 Å². The number of aliphatic carboxylic acids is 1. The number of non-ortho nitro benzene ring substituents is 1. The van der Waals surface area contributed by atoms with E-state index in [2.05, 4.69) is 0 Å². The first-order valence-corrected chi connectivity index (χ1v) is 3.94. The third kappa shape index (κ3) is 5.97. The number of rotatable bonds is 1. The van der Waals surface area contributed by atoms with Crippen molar-refractivity contribution < 1.29 is 28.0 Å². The van der Waals surface area contributed by atoms with Gasteiger partial charge in [-0.15, -0.1) is 0 Å². The highest BCUT2D eigenvalue weighted by Crippen LogP contribution is 2.13. The van der Waals surface area contributed by atoms with Crippen molar-refractivity contribution in [2.45, 2.75) is 6.18 Å². The minimum atomic E-state index is -5.08. The van der Waals surface area contributed by atoms with E-state index >= 15 is 0 Å². The van der Waals surface area contributed by atoms with Crippen molar-refractivity contribution in [1.82, 2.24) is 0 Å². The van der Waals surface area contributed by atoms with Crippen LogP contribution in [0.5, 0.6) is 0 Å². The number of anilines is 1. The summed E-state index contributed by atoms with van der Waals surface area (Å²) in [6.45, 7) is 0. The molecule has 0 bridgehead atoms. The van der Waals surface area contributed by atoms with E-state index in [4.69, 9.17) is 15.6 Å². The lowest BCUT2D eigenvalue weighted by Gasteiger charge is -1.93. The highest BCUT2D eigenvalue weighted by molar-refractivity contribution is 5.73. The van der Waals surface area contributed by atoms with Gasteiger partial charge in [-0.2, -0.15) is 13.2 Å². The van der Waals surface area contributed by atoms with Gasteiger partial charge in [-0.1, -0.05) is 0 Å². The van der Waals surface area contributed by atoms with Gasteiger partial charge in [-0.25, -0.2) is 4.79 Å². The highest BCUT2D eigenvalue weighted by Gasteiger charge is 2.38. The number of halogens is 3. The van der Waals surface area contributed by atoms with E-state index in [1.165, 1.54) is 24.3 Å². The van der Waals surface area contributed by atoms with Crippen LogP contribution in [0, 0.1) is 10.1 Å². The first-order chi connectivity index (χ1) is 7.64. The molecule has 9 heteroatoms. The maximum Gasteiger partial charge on any atom is 0.490 e. The normalized spacial score (nSPS) is 10.1. The average Bonchev–Trinajstić information content (AvgIpc) is 2.17. The molecule has 6 nitrogen and oxygen atoms in total. The van der Waals surface area contributed by atoms with Crippen LogP contribution in [0.2, 0.25) is 0 Å². The van der Waals surface area contributed by atoms with E-state index in [0.29, 0.717) is 5.69 Å². The Kier molecular flexibility index (Phi) is 4.90. The molecule has 0 unspecified atom stereocenters. The molecule has 0 fully saturated rings. The van der Waals surface area contributed by atoms with Crippen LogP contribution >= 0.6 is 0 Å². The Morgan fingerprint density at radius 2 is 1.65 bits per heavy atom. The molecule has 0 atom stereocenters. The van der Waals surface area contributed by atoms with E-state index in [-0.39, 0.29) is 5.69 Å². The fourth-order valence-electron chi connectivity index (χ4n) is 0.596. The molecular formula is C8H7F3N2O4. The van der Waals surface area contributed by atoms with Crippen LogP contribution < -0.4 is 5.73 Å². The predicted molar refractivity (Wildman–Crippen MR) is 51.2 cm³/mol. The second kappa shape index (κ2) is 5.68. The lowest BCUT2D eigenvalue weighted by atomic mass is 10.3. The number of carbonyl (C=O) groups is 1. The summed E-state index contributed by atoms with van der Waals surface area (Å²) < 4.78 is 31.7. The number of nitrogen functional groups attached to an aromatic ring is 1. The Bertz CT molecular complexity index is 402. The third-order valence-electron chi connectivity index (χ3n) is 1.35. The number of nitrogens with zero attached hydrogens (tertiary/aromatic N) is 1. The molecule has 3 N–H and O–H groups in total. The molecule has 1 rings (SSSR count). The lowest BCUT2D eigenvalue weighted by Crippen LogP contribution is -2.21. The van der Waals surface area contributed by atoms with E-state index in [9.17, 15) is 23.3 Å². The smallest absolute Gasteiger partial charge is 0.475 e. The zero-order valence-corrected chi connectivity index (χ0v) is 8.14. The number of alkyl halides is 3. The lowest BCUT2D eigenvalue weighted by molar-refractivity contribution is -0.384. The van der Waals surface area contributed by atoms with Crippen molar-refractivity contribution in [3.63, 3.8) is 0 Å². The Hall–Kier alpha value is -2.32. The average molecular weight is 252 g/mol. The van der Waals surface area contributed by atoms with Crippen molar-refractivity contribution in [3.8, 4) is 0 Å². The van der Waals surface area contributed by atoms with Crippen LogP contribution in [0.15, 0.2) is 24.3 Å². The maximum atomic E-state index is 10.6. The summed E-state index contributed by atoms with van der Waals surface area (Å²) >= 11 is 0.